The molecule has 0 atom stereocenters. The number of nitrogens with one attached hydrogen (secondary N) is 1. The highest BCUT2D eigenvalue weighted by atomic mass is 35.5. The molecule has 0 spiro atoms. The molecule has 1 N–H and O–H groups in total. The molecule has 3 aromatic rings. The van der Waals surface area contributed by atoms with Gasteiger partial charge in [-0.25, -0.2) is 9.07 Å². The third-order valence-corrected chi connectivity index (χ3v) is 6.14. The normalized spacial score (nSPS) is 14.9. The fraction of sp³-hybridized carbons (Fsp3) is 0.130. The van der Waals surface area contributed by atoms with E-state index in [1.54, 1.807) is 41.9 Å². The van der Waals surface area contributed by atoms with Crippen molar-refractivity contribution >= 4 is 46.5 Å². The lowest BCUT2D eigenvalue weighted by Gasteiger charge is -2.13. The maximum Gasteiger partial charge on any atom is 0.293 e. The van der Waals surface area contributed by atoms with Gasteiger partial charge in [0.2, 0.25) is 0 Å². The number of rotatable bonds is 6. The molecule has 3 amide bonds. The lowest BCUT2D eigenvalue weighted by Crippen LogP contribution is -2.37. The van der Waals surface area contributed by atoms with Crippen LogP contribution in [0.2, 0.25) is 5.02 Å². The highest BCUT2D eigenvalue weighted by Gasteiger charge is 2.34. The van der Waals surface area contributed by atoms with E-state index in [4.69, 9.17) is 11.6 Å². The summed E-state index contributed by atoms with van der Waals surface area (Å²) < 4.78 is 15.5. The van der Waals surface area contributed by atoms with Crippen molar-refractivity contribution in [2.45, 2.75) is 6.92 Å². The molecule has 2 aromatic carbocycles. The quantitative estimate of drug-likeness (QED) is 0.523. The lowest BCUT2D eigenvalue weighted by atomic mass is 10.2. The van der Waals surface area contributed by atoms with E-state index in [-0.39, 0.29) is 29.5 Å². The molecule has 1 saturated heterocycles. The Hall–Kier alpha value is -3.43. The van der Waals surface area contributed by atoms with Crippen LogP contribution < -0.4 is 5.32 Å². The molecular formula is C23H18ClFN4O3S. The van der Waals surface area contributed by atoms with Crippen LogP contribution in [0.1, 0.15) is 21.6 Å². The summed E-state index contributed by atoms with van der Waals surface area (Å²) in [4.78, 5) is 38.6. The molecule has 1 aliphatic rings. The first kappa shape index (κ1) is 22.8. The Morgan fingerprint density at radius 2 is 2.00 bits per heavy atom. The Bertz CT molecular complexity index is 1290. The van der Waals surface area contributed by atoms with Crippen LogP contribution in [0.25, 0.3) is 11.8 Å². The van der Waals surface area contributed by atoms with Crippen molar-refractivity contribution in [3.8, 4) is 5.69 Å². The van der Waals surface area contributed by atoms with Crippen LogP contribution in [0.3, 0.4) is 0 Å². The topological polar surface area (TPSA) is 84.3 Å². The van der Waals surface area contributed by atoms with Gasteiger partial charge < -0.3 is 5.32 Å². The summed E-state index contributed by atoms with van der Waals surface area (Å²) in [7, 11) is 0. The Balaban J connectivity index is 1.39. The number of imide groups is 1. The van der Waals surface area contributed by atoms with Gasteiger partial charge in [-0.3, -0.25) is 19.3 Å². The van der Waals surface area contributed by atoms with Gasteiger partial charge in [0.1, 0.15) is 5.82 Å². The summed E-state index contributed by atoms with van der Waals surface area (Å²) in [5.74, 6) is -1.38. The number of amides is 3. The highest BCUT2D eigenvalue weighted by molar-refractivity contribution is 8.18. The molecule has 33 heavy (non-hydrogen) atoms. The van der Waals surface area contributed by atoms with Gasteiger partial charge >= 0.3 is 0 Å². The molecule has 1 fully saturated rings. The molecule has 2 heterocycles. The standard InChI is InChI=1S/C23H18ClFN4O3S/c1-14-18(13-27-29(14)17-7-4-6-16(24)12-17)21(30)26-9-10-28-22(31)20(33-23(28)32)11-15-5-2-3-8-19(15)25/h2-8,11-13H,9-10H2,1H3,(H,26,30)/b20-11-. The average molecular weight is 485 g/mol. The van der Waals surface area contributed by atoms with Crippen LogP contribution in [-0.2, 0) is 4.79 Å². The number of thioether (sulfide) groups is 1. The van der Waals surface area contributed by atoms with Crippen LogP contribution in [0.5, 0.6) is 0 Å². The molecule has 0 saturated carbocycles. The Kier molecular flexibility index (Phi) is 6.62. The number of aromatic nitrogens is 2. The van der Waals surface area contributed by atoms with E-state index in [9.17, 15) is 18.8 Å². The zero-order valence-corrected chi connectivity index (χ0v) is 19.0. The van der Waals surface area contributed by atoms with Crippen molar-refractivity contribution in [1.82, 2.24) is 20.0 Å². The number of benzene rings is 2. The lowest BCUT2D eigenvalue weighted by molar-refractivity contribution is -0.122. The van der Waals surface area contributed by atoms with Crippen molar-refractivity contribution in [1.29, 1.82) is 0 Å². The molecule has 0 radical (unpaired) electrons. The highest BCUT2D eigenvalue weighted by Crippen LogP contribution is 2.32. The summed E-state index contributed by atoms with van der Waals surface area (Å²) in [6.45, 7) is 1.81. The minimum absolute atomic E-state index is 0.00744. The number of carbonyl (C=O) groups is 3. The summed E-state index contributed by atoms with van der Waals surface area (Å²) in [5, 5.41) is 7.04. The van der Waals surface area contributed by atoms with Gasteiger partial charge in [-0.1, -0.05) is 35.9 Å². The largest absolute Gasteiger partial charge is 0.350 e. The van der Waals surface area contributed by atoms with Crippen LogP contribution in [0, 0.1) is 12.7 Å². The summed E-state index contributed by atoms with van der Waals surface area (Å²) in [6.07, 6.45) is 2.80. The first-order valence-corrected chi connectivity index (χ1v) is 11.1. The second-order valence-electron chi connectivity index (χ2n) is 7.15. The molecule has 4 rings (SSSR count). The maximum atomic E-state index is 13.9. The second-order valence-corrected chi connectivity index (χ2v) is 8.58. The van der Waals surface area contributed by atoms with Crippen molar-refractivity contribution in [2.24, 2.45) is 0 Å². The second kappa shape index (κ2) is 9.60. The predicted molar refractivity (Wildman–Crippen MR) is 125 cm³/mol. The zero-order valence-electron chi connectivity index (χ0n) is 17.4. The third-order valence-electron chi connectivity index (χ3n) is 4.99. The molecule has 10 heteroatoms. The van der Waals surface area contributed by atoms with Gasteiger partial charge in [0, 0.05) is 23.7 Å². The number of hydrogen-bond donors (Lipinski definition) is 1. The SMILES string of the molecule is Cc1c(C(=O)NCCN2C(=O)S/C(=C\c3ccccc3F)C2=O)cnn1-c1cccc(Cl)c1. The van der Waals surface area contributed by atoms with Crippen LogP contribution in [-0.4, -0.2) is 44.8 Å². The summed E-state index contributed by atoms with van der Waals surface area (Å²) in [5.41, 5.74) is 1.93. The van der Waals surface area contributed by atoms with Crippen molar-refractivity contribution < 1.29 is 18.8 Å². The predicted octanol–water partition coefficient (Wildman–Crippen LogP) is 4.44. The average Bonchev–Trinajstić information content (AvgIpc) is 3.29. The van der Waals surface area contributed by atoms with Crippen molar-refractivity contribution in [3.05, 3.63) is 87.3 Å². The molecule has 0 aliphatic carbocycles. The van der Waals surface area contributed by atoms with E-state index in [0.29, 0.717) is 16.3 Å². The van der Waals surface area contributed by atoms with Crippen LogP contribution >= 0.6 is 23.4 Å². The third kappa shape index (κ3) is 4.84. The van der Waals surface area contributed by atoms with E-state index in [0.717, 1.165) is 22.3 Å². The number of halogens is 2. The van der Waals surface area contributed by atoms with E-state index in [2.05, 4.69) is 10.4 Å². The van der Waals surface area contributed by atoms with Gasteiger partial charge in [-0.2, -0.15) is 5.10 Å². The summed E-state index contributed by atoms with van der Waals surface area (Å²) in [6, 6.07) is 13.1. The maximum absolute atomic E-state index is 13.9. The van der Waals surface area contributed by atoms with Crippen LogP contribution in [0.15, 0.2) is 59.6 Å². The molecule has 168 valence electrons. The molecule has 1 aromatic heterocycles. The zero-order chi connectivity index (χ0) is 23.5. The molecule has 0 bridgehead atoms. The molecule has 1 aliphatic heterocycles. The fourth-order valence-corrected chi connectivity index (χ4v) is 4.34. The van der Waals surface area contributed by atoms with E-state index in [1.807, 2.05) is 6.07 Å². The number of nitrogens with zero attached hydrogens (tertiary/aromatic N) is 3. The van der Waals surface area contributed by atoms with E-state index in [1.165, 1.54) is 24.4 Å². The van der Waals surface area contributed by atoms with Crippen molar-refractivity contribution in [3.63, 3.8) is 0 Å². The molecule has 0 unspecified atom stereocenters. The minimum atomic E-state index is -0.521. The first-order chi connectivity index (χ1) is 15.8. The smallest absolute Gasteiger partial charge is 0.293 e. The van der Waals surface area contributed by atoms with Crippen LogP contribution in [0.4, 0.5) is 9.18 Å². The monoisotopic (exact) mass is 484 g/mol. The number of hydrogen-bond acceptors (Lipinski definition) is 5. The minimum Gasteiger partial charge on any atom is -0.350 e. The molecular weight excluding hydrogens is 467 g/mol. The Morgan fingerprint density at radius 3 is 2.76 bits per heavy atom. The van der Waals surface area contributed by atoms with Gasteiger partial charge in [-0.15, -0.1) is 0 Å². The van der Waals surface area contributed by atoms with Gasteiger partial charge in [0.25, 0.3) is 17.1 Å². The Labute approximate surface area is 198 Å². The number of carbonyl (C=O) groups excluding carboxylic acids is 3. The van der Waals surface area contributed by atoms with Gasteiger partial charge in [0.05, 0.1) is 28.0 Å². The first-order valence-electron chi connectivity index (χ1n) is 9.94. The van der Waals surface area contributed by atoms with E-state index < -0.39 is 17.0 Å². The van der Waals surface area contributed by atoms with E-state index >= 15 is 0 Å². The molecule has 7 nitrogen and oxygen atoms in total. The Morgan fingerprint density at radius 1 is 1.21 bits per heavy atom. The van der Waals surface area contributed by atoms with Gasteiger partial charge in [0.15, 0.2) is 0 Å². The summed E-state index contributed by atoms with van der Waals surface area (Å²) >= 11 is 6.77. The van der Waals surface area contributed by atoms with Gasteiger partial charge in [-0.05, 0) is 49.0 Å². The van der Waals surface area contributed by atoms with Crippen molar-refractivity contribution in [2.75, 3.05) is 13.1 Å². The fourth-order valence-electron chi connectivity index (χ4n) is 3.30.